The second kappa shape index (κ2) is 10.4. The minimum absolute atomic E-state index is 0.0556. The third-order valence-electron chi connectivity index (χ3n) is 6.08. The van der Waals surface area contributed by atoms with Gasteiger partial charge in [0.05, 0.1) is 29.8 Å². The van der Waals surface area contributed by atoms with Gasteiger partial charge in [-0.1, -0.05) is 42.2 Å². The molecule has 0 aliphatic carbocycles. The van der Waals surface area contributed by atoms with Crippen LogP contribution in [-0.4, -0.2) is 50.8 Å². The number of carbonyl (C=O) groups excluding carboxylic acids is 1. The van der Waals surface area contributed by atoms with Crippen molar-refractivity contribution in [1.29, 1.82) is 0 Å². The Morgan fingerprint density at radius 1 is 1.26 bits per heavy atom. The number of thioether (sulfide) groups is 1. The molecule has 8 heteroatoms. The van der Waals surface area contributed by atoms with Crippen LogP contribution in [0.4, 0.5) is 0 Å². The van der Waals surface area contributed by atoms with E-state index < -0.39 is 0 Å². The zero-order valence-electron chi connectivity index (χ0n) is 19.8. The van der Waals surface area contributed by atoms with Crippen LogP contribution >= 0.6 is 24.0 Å². The number of thiocarbonyl (C=S) groups is 1. The number of aromatic nitrogens is 2. The number of para-hydroxylation sites is 1. The molecule has 0 radical (unpaired) electrons. The molecule has 6 nitrogen and oxygen atoms in total. The predicted molar refractivity (Wildman–Crippen MR) is 144 cm³/mol. The molecule has 1 unspecified atom stereocenters. The van der Waals surface area contributed by atoms with E-state index >= 15 is 0 Å². The van der Waals surface area contributed by atoms with Crippen molar-refractivity contribution >= 4 is 40.3 Å². The maximum absolute atomic E-state index is 13.3. The highest BCUT2D eigenvalue weighted by molar-refractivity contribution is 8.26. The van der Waals surface area contributed by atoms with Crippen LogP contribution in [0.25, 0.3) is 23.0 Å². The Bertz CT molecular complexity index is 1280. The molecule has 1 aromatic heterocycles. The van der Waals surface area contributed by atoms with E-state index in [0.29, 0.717) is 22.4 Å². The molecule has 2 fully saturated rings. The van der Waals surface area contributed by atoms with Crippen LogP contribution in [-0.2, 0) is 9.53 Å². The topological polar surface area (TPSA) is 56.6 Å². The maximum Gasteiger partial charge on any atom is 0.266 e. The lowest BCUT2D eigenvalue weighted by Crippen LogP contribution is -2.35. The molecular weight excluding hydrogens is 478 g/mol. The minimum atomic E-state index is -0.0724. The number of ether oxygens (including phenoxy) is 2. The van der Waals surface area contributed by atoms with Gasteiger partial charge in [-0.25, -0.2) is 4.68 Å². The van der Waals surface area contributed by atoms with Crippen LogP contribution in [0.1, 0.15) is 30.9 Å². The summed E-state index contributed by atoms with van der Waals surface area (Å²) in [6.07, 6.45) is 5.91. The molecule has 3 heterocycles. The Labute approximate surface area is 214 Å². The third-order valence-corrected chi connectivity index (χ3v) is 7.46. The molecule has 0 N–H and O–H groups in total. The van der Waals surface area contributed by atoms with Gasteiger partial charge in [-0.3, -0.25) is 9.69 Å². The first-order valence-corrected chi connectivity index (χ1v) is 13.0. The van der Waals surface area contributed by atoms with E-state index in [4.69, 9.17) is 26.8 Å². The summed E-state index contributed by atoms with van der Waals surface area (Å²) in [5.41, 5.74) is 4.59. The quantitative estimate of drug-likeness (QED) is 0.307. The molecule has 1 amide bonds. The van der Waals surface area contributed by atoms with E-state index in [-0.39, 0.29) is 12.0 Å². The molecule has 1 atom stereocenters. The van der Waals surface area contributed by atoms with E-state index in [9.17, 15) is 4.79 Å². The molecule has 0 spiro atoms. The predicted octanol–water partition coefficient (Wildman–Crippen LogP) is 5.63. The Morgan fingerprint density at radius 2 is 2.09 bits per heavy atom. The zero-order chi connectivity index (χ0) is 24.4. The van der Waals surface area contributed by atoms with Gasteiger partial charge >= 0.3 is 0 Å². The molecule has 2 saturated heterocycles. The molecule has 35 heavy (non-hydrogen) atoms. The lowest BCUT2D eigenvalue weighted by molar-refractivity contribution is -0.123. The lowest BCUT2D eigenvalue weighted by Gasteiger charge is -2.18. The second-order valence-electron chi connectivity index (χ2n) is 8.55. The Kier molecular flexibility index (Phi) is 7.04. The fraction of sp³-hybridized carbons (Fsp3) is 0.296. The molecule has 180 valence electrons. The summed E-state index contributed by atoms with van der Waals surface area (Å²) in [6, 6.07) is 16.0. The molecule has 0 bridgehead atoms. The monoisotopic (exact) mass is 505 g/mol. The van der Waals surface area contributed by atoms with Crippen molar-refractivity contribution in [2.24, 2.45) is 0 Å². The summed E-state index contributed by atoms with van der Waals surface area (Å²) in [6.45, 7) is 5.87. The number of hydrogen-bond acceptors (Lipinski definition) is 6. The summed E-state index contributed by atoms with van der Waals surface area (Å²) in [5, 5.41) is 4.90. The van der Waals surface area contributed by atoms with Gasteiger partial charge < -0.3 is 9.47 Å². The van der Waals surface area contributed by atoms with Crippen molar-refractivity contribution in [3.05, 3.63) is 70.8 Å². The second-order valence-corrected chi connectivity index (χ2v) is 10.2. The summed E-state index contributed by atoms with van der Waals surface area (Å²) in [5.74, 6) is 0.784. The van der Waals surface area contributed by atoms with E-state index in [1.807, 2.05) is 73.3 Å². The largest absolute Gasteiger partial charge is 0.494 e. The van der Waals surface area contributed by atoms with Crippen LogP contribution in [0.2, 0.25) is 0 Å². The van der Waals surface area contributed by atoms with Gasteiger partial charge in [0, 0.05) is 23.9 Å². The number of aryl methyl sites for hydroxylation is 1. The van der Waals surface area contributed by atoms with Crippen molar-refractivity contribution < 1.29 is 14.3 Å². The van der Waals surface area contributed by atoms with Crippen LogP contribution in [0.5, 0.6) is 5.75 Å². The van der Waals surface area contributed by atoms with E-state index in [1.165, 1.54) is 11.8 Å². The van der Waals surface area contributed by atoms with Crippen LogP contribution in [0.15, 0.2) is 59.6 Å². The highest BCUT2D eigenvalue weighted by Gasteiger charge is 2.35. The molecule has 5 rings (SSSR count). The fourth-order valence-electron chi connectivity index (χ4n) is 4.33. The summed E-state index contributed by atoms with van der Waals surface area (Å²) < 4.78 is 13.9. The van der Waals surface area contributed by atoms with Crippen molar-refractivity contribution in [3.8, 4) is 22.7 Å². The molecule has 2 aliphatic heterocycles. The normalized spacial score (nSPS) is 19.2. The highest BCUT2D eigenvalue weighted by Crippen LogP contribution is 2.36. The van der Waals surface area contributed by atoms with Gasteiger partial charge in [-0.05, 0) is 68.7 Å². The Balaban J connectivity index is 1.52. The van der Waals surface area contributed by atoms with Gasteiger partial charge in [0.15, 0.2) is 0 Å². The summed E-state index contributed by atoms with van der Waals surface area (Å²) in [7, 11) is 0. The highest BCUT2D eigenvalue weighted by atomic mass is 32.2. The first kappa shape index (κ1) is 23.8. The van der Waals surface area contributed by atoms with Gasteiger partial charge in [-0.15, -0.1) is 0 Å². The summed E-state index contributed by atoms with van der Waals surface area (Å²) >= 11 is 6.88. The molecule has 2 aromatic carbocycles. The molecular formula is C27H27N3O3S2. The first-order chi connectivity index (χ1) is 17.0. The SMILES string of the molecule is CCOc1ccc(-c2nn(-c3ccccc3)cc2C=C2SC(=S)N(CC3CCCO3)C2=O)cc1C. The first-order valence-electron chi connectivity index (χ1n) is 11.8. The smallest absolute Gasteiger partial charge is 0.266 e. The van der Waals surface area contributed by atoms with Gasteiger partial charge in [0.25, 0.3) is 5.91 Å². The van der Waals surface area contributed by atoms with Crippen molar-refractivity contribution in [2.75, 3.05) is 19.8 Å². The van der Waals surface area contributed by atoms with Gasteiger partial charge in [0.2, 0.25) is 0 Å². The maximum atomic E-state index is 13.3. The molecule has 2 aliphatic rings. The number of benzene rings is 2. The van der Waals surface area contributed by atoms with Crippen LogP contribution in [0, 0.1) is 6.92 Å². The third kappa shape index (κ3) is 5.05. The van der Waals surface area contributed by atoms with Crippen molar-refractivity contribution in [3.63, 3.8) is 0 Å². The standard InChI is InChI=1S/C27H27N3O3S2/c1-3-32-23-12-11-19(14-18(23)2)25-20(16-30(28-25)21-8-5-4-6-9-21)15-24-26(31)29(27(34)35-24)17-22-10-7-13-33-22/h4-6,8-9,11-12,14-16,22H,3,7,10,13,17H2,1-2H3. The minimum Gasteiger partial charge on any atom is -0.494 e. The Hall–Kier alpha value is -2.94. The van der Waals surface area contributed by atoms with Crippen LogP contribution in [0.3, 0.4) is 0 Å². The molecule has 0 saturated carbocycles. The number of amides is 1. The number of carbonyl (C=O) groups is 1. The summed E-state index contributed by atoms with van der Waals surface area (Å²) in [4.78, 5) is 15.5. The van der Waals surface area contributed by atoms with Crippen molar-refractivity contribution in [2.45, 2.75) is 32.8 Å². The number of rotatable bonds is 7. The van der Waals surface area contributed by atoms with E-state index in [0.717, 1.165) is 53.3 Å². The van der Waals surface area contributed by atoms with Gasteiger partial charge in [0.1, 0.15) is 15.8 Å². The Morgan fingerprint density at radius 3 is 2.80 bits per heavy atom. The average Bonchev–Trinajstić information content (AvgIpc) is 3.59. The van der Waals surface area contributed by atoms with Crippen LogP contribution < -0.4 is 4.74 Å². The van der Waals surface area contributed by atoms with Gasteiger partial charge in [-0.2, -0.15) is 5.10 Å². The lowest BCUT2D eigenvalue weighted by atomic mass is 10.0. The molecule has 3 aromatic rings. The zero-order valence-corrected chi connectivity index (χ0v) is 21.4. The average molecular weight is 506 g/mol. The number of nitrogens with zero attached hydrogens (tertiary/aromatic N) is 3. The van der Waals surface area contributed by atoms with Crippen molar-refractivity contribution in [1.82, 2.24) is 14.7 Å². The van der Waals surface area contributed by atoms with E-state index in [2.05, 4.69) is 6.07 Å². The van der Waals surface area contributed by atoms with E-state index in [1.54, 1.807) is 4.90 Å². The number of hydrogen-bond donors (Lipinski definition) is 0. The fourth-order valence-corrected chi connectivity index (χ4v) is 5.60.